The Morgan fingerprint density at radius 2 is 1.63 bits per heavy atom. The molecule has 1 aromatic heterocycles. The van der Waals surface area contributed by atoms with Crippen molar-refractivity contribution in [1.29, 1.82) is 0 Å². The van der Waals surface area contributed by atoms with Crippen LogP contribution in [0.15, 0.2) is 59.4 Å². The van der Waals surface area contributed by atoms with E-state index >= 15 is 0 Å². The van der Waals surface area contributed by atoms with Gasteiger partial charge < -0.3 is 4.90 Å². The maximum absolute atomic E-state index is 13.4. The van der Waals surface area contributed by atoms with Gasteiger partial charge in [0.1, 0.15) is 11.6 Å². The number of amides is 1. The maximum Gasteiger partial charge on any atom is 0.278 e. The Hall–Kier alpha value is -3.06. The number of carbonyl (C=O) groups is 1. The van der Waals surface area contributed by atoms with Gasteiger partial charge in [0.2, 0.25) is 5.91 Å². The molecule has 1 atom stereocenters. The number of piperazine rings is 1. The minimum absolute atomic E-state index is 0.0592. The van der Waals surface area contributed by atoms with Crippen molar-refractivity contribution in [3.05, 3.63) is 70.5 Å². The Bertz CT molecular complexity index is 1070. The maximum atomic E-state index is 13.4. The predicted molar refractivity (Wildman–Crippen MR) is 116 cm³/mol. The Balaban J connectivity index is 1.50. The number of rotatable bonds is 5. The molecule has 3 aromatic rings. The highest BCUT2D eigenvalue weighted by Crippen LogP contribution is 2.20. The summed E-state index contributed by atoms with van der Waals surface area (Å²) in [6, 6.07) is 16.8. The van der Waals surface area contributed by atoms with Gasteiger partial charge in [0.25, 0.3) is 5.56 Å². The van der Waals surface area contributed by atoms with E-state index in [0.717, 1.165) is 19.6 Å². The largest absolute Gasteiger partial charge is 0.338 e. The lowest BCUT2D eigenvalue weighted by molar-refractivity contribution is -0.138. The van der Waals surface area contributed by atoms with Crippen LogP contribution >= 0.6 is 0 Å². The van der Waals surface area contributed by atoms with Crippen LogP contribution in [0.3, 0.4) is 0 Å². The van der Waals surface area contributed by atoms with Crippen LogP contribution in [0.4, 0.5) is 0 Å². The van der Waals surface area contributed by atoms with Crippen LogP contribution in [-0.2, 0) is 11.3 Å². The number of hydrogen-bond acceptors (Lipinski definition) is 5. The second kappa shape index (κ2) is 8.75. The highest BCUT2D eigenvalue weighted by atomic mass is 16.2. The van der Waals surface area contributed by atoms with E-state index < -0.39 is 6.04 Å². The average Bonchev–Trinajstić information content (AvgIpc) is 2.76. The molecule has 2 aromatic carbocycles. The normalized spacial score (nSPS) is 16.2. The second-order valence-corrected chi connectivity index (χ2v) is 8.13. The average molecular weight is 406 g/mol. The van der Waals surface area contributed by atoms with Crippen molar-refractivity contribution in [3.8, 4) is 0 Å². The van der Waals surface area contributed by atoms with Crippen LogP contribution in [0.5, 0.6) is 0 Å². The third kappa shape index (κ3) is 4.11. The summed E-state index contributed by atoms with van der Waals surface area (Å²) in [5.74, 6) is -0.135. The summed E-state index contributed by atoms with van der Waals surface area (Å²) < 4.78 is 1.27. The lowest BCUT2D eigenvalue weighted by atomic mass is 10.0. The number of hydrogen-bond donors (Lipinski definition) is 0. The monoisotopic (exact) mass is 405 g/mol. The molecule has 0 saturated carbocycles. The Labute approximate surface area is 175 Å². The first-order chi connectivity index (χ1) is 14.5. The molecule has 0 radical (unpaired) electrons. The van der Waals surface area contributed by atoms with E-state index in [4.69, 9.17) is 0 Å². The molecule has 0 N–H and O–H groups in total. The lowest BCUT2D eigenvalue weighted by Gasteiger charge is -2.37. The number of aromatic nitrogens is 3. The summed E-state index contributed by atoms with van der Waals surface area (Å²) in [4.78, 5) is 30.6. The molecule has 1 aliphatic heterocycles. The topological polar surface area (TPSA) is 71.3 Å². The van der Waals surface area contributed by atoms with Gasteiger partial charge in [0.05, 0.1) is 5.39 Å². The first-order valence-electron chi connectivity index (χ1n) is 10.4. The second-order valence-electron chi connectivity index (χ2n) is 8.13. The third-order valence-corrected chi connectivity index (χ3v) is 5.67. The molecule has 30 heavy (non-hydrogen) atoms. The van der Waals surface area contributed by atoms with Crippen molar-refractivity contribution in [2.45, 2.75) is 26.4 Å². The quantitative estimate of drug-likeness (QED) is 0.652. The van der Waals surface area contributed by atoms with Gasteiger partial charge in [0, 0.05) is 32.7 Å². The molecule has 1 saturated heterocycles. The van der Waals surface area contributed by atoms with Gasteiger partial charge in [-0.2, -0.15) is 4.68 Å². The van der Waals surface area contributed by atoms with Gasteiger partial charge in [0.15, 0.2) is 0 Å². The summed E-state index contributed by atoms with van der Waals surface area (Å²) in [6.07, 6.45) is 0. The highest BCUT2D eigenvalue weighted by molar-refractivity contribution is 5.82. The number of carbonyl (C=O) groups excluding carboxylic acids is 1. The van der Waals surface area contributed by atoms with Crippen LogP contribution < -0.4 is 5.56 Å². The van der Waals surface area contributed by atoms with Crippen molar-refractivity contribution in [1.82, 2.24) is 24.8 Å². The summed E-state index contributed by atoms with van der Waals surface area (Å²) in [5, 5.41) is 8.76. The van der Waals surface area contributed by atoms with E-state index in [9.17, 15) is 9.59 Å². The van der Waals surface area contributed by atoms with Gasteiger partial charge >= 0.3 is 0 Å². The third-order valence-electron chi connectivity index (χ3n) is 5.67. The van der Waals surface area contributed by atoms with Crippen LogP contribution in [0.25, 0.3) is 10.9 Å². The molecule has 1 aliphatic rings. The van der Waals surface area contributed by atoms with Crippen molar-refractivity contribution >= 4 is 16.8 Å². The first kappa shape index (κ1) is 20.2. The molecule has 0 bridgehead atoms. The summed E-state index contributed by atoms with van der Waals surface area (Å²) in [5.41, 5.74) is 1.55. The van der Waals surface area contributed by atoms with Gasteiger partial charge in [-0.05, 0) is 23.6 Å². The first-order valence-corrected chi connectivity index (χ1v) is 10.4. The van der Waals surface area contributed by atoms with Crippen molar-refractivity contribution in [2.24, 2.45) is 5.92 Å². The molecule has 7 heteroatoms. The van der Waals surface area contributed by atoms with Gasteiger partial charge in [-0.1, -0.05) is 61.5 Å². The van der Waals surface area contributed by atoms with E-state index in [0.29, 0.717) is 24.0 Å². The fourth-order valence-corrected chi connectivity index (χ4v) is 4.01. The van der Waals surface area contributed by atoms with Gasteiger partial charge in [-0.3, -0.25) is 14.5 Å². The minimum atomic E-state index is -0.657. The molecule has 4 rings (SSSR count). The van der Waals surface area contributed by atoms with Crippen molar-refractivity contribution in [3.63, 3.8) is 0 Å². The van der Waals surface area contributed by atoms with E-state index in [1.807, 2.05) is 43.0 Å². The number of fused-ring (bicyclic) bond motifs is 1. The zero-order valence-corrected chi connectivity index (χ0v) is 17.4. The molecule has 1 amide bonds. The molecule has 1 unspecified atom stereocenters. The standard InChI is InChI=1S/C23H27N5O2/c1-17(2)21(28-22(29)19-10-6-7-11-20(19)24-25-28)23(30)27-14-12-26(13-15-27)16-18-8-4-3-5-9-18/h3-11,17,21H,12-16H2,1-2H3. The molecular weight excluding hydrogens is 378 g/mol. The zero-order valence-electron chi connectivity index (χ0n) is 17.4. The molecule has 0 aliphatic carbocycles. The smallest absolute Gasteiger partial charge is 0.278 e. The highest BCUT2D eigenvalue weighted by Gasteiger charge is 2.32. The summed E-state index contributed by atoms with van der Waals surface area (Å²) >= 11 is 0. The lowest BCUT2D eigenvalue weighted by Crippen LogP contribution is -2.52. The van der Waals surface area contributed by atoms with Crippen LogP contribution in [-0.4, -0.2) is 56.9 Å². The van der Waals surface area contributed by atoms with Gasteiger partial charge in [-0.15, -0.1) is 5.10 Å². The van der Waals surface area contributed by atoms with Crippen molar-refractivity contribution < 1.29 is 4.79 Å². The Morgan fingerprint density at radius 1 is 0.967 bits per heavy atom. The summed E-state index contributed by atoms with van der Waals surface area (Å²) in [6.45, 7) is 7.67. The van der Waals surface area contributed by atoms with Crippen molar-refractivity contribution in [2.75, 3.05) is 26.2 Å². The van der Waals surface area contributed by atoms with E-state index in [2.05, 4.69) is 27.3 Å². The van der Waals surface area contributed by atoms with E-state index in [1.165, 1.54) is 10.2 Å². The molecule has 156 valence electrons. The Morgan fingerprint density at radius 3 is 2.33 bits per heavy atom. The fourth-order valence-electron chi connectivity index (χ4n) is 4.01. The summed E-state index contributed by atoms with van der Waals surface area (Å²) in [7, 11) is 0. The molecule has 0 spiro atoms. The van der Waals surface area contributed by atoms with Crippen LogP contribution in [0, 0.1) is 5.92 Å². The molecular formula is C23H27N5O2. The zero-order chi connectivity index (χ0) is 21.1. The predicted octanol–water partition coefficient (Wildman–Crippen LogP) is 2.33. The van der Waals surface area contributed by atoms with Gasteiger partial charge in [-0.25, -0.2) is 0 Å². The number of nitrogens with zero attached hydrogens (tertiary/aromatic N) is 5. The molecule has 1 fully saturated rings. The minimum Gasteiger partial charge on any atom is -0.338 e. The van der Waals surface area contributed by atoms with Crippen LogP contribution in [0.2, 0.25) is 0 Å². The SMILES string of the molecule is CC(C)C(C(=O)N1CCN(Cc2ccccc2)CC1)n1nnc2ccccc2c1=O. The number of benzene rings is 2. The van der Waals surface area contributed by atoms with E-state index in [1.54, 1.807) is 18.2 Å². The molecule has 2 heterocycles. The van der Waals surface area contributed by atoms with E-state index in [-0.39, 0.29) is 17.4 Å². The van der Waals surface area contributed by atoms with Crippen LogP contribution in [0.1, 0.15) is 25.5 Å². The fraction of sp³-hybridized carbons (Fsp3) is 0.391. The Kier molecular flexibility index (Phi) is 5.90. The molecule has 7 nitrogen and oxygen atoms in total.